The number of rotatable bonds is 2. The zero-order chi connectivity index (χ0) is 20.4. The molecular formula is C18H24F3N3O3. The van der Waals surface area contributed by atoms with E-state index in [1.165, 1.54) is 11.0 Å². The van der Waals surface area contributed by atoms with E-state index >= 15 is 0 Å². The molecule has 0 radical (unpaired) electrons. The van der Waals surface area contributed by atoms with Crippen LogP contribution < -0.4 is 11.1 Å². The molecule has 27 heavy (non-hydrogen) atoms. The lowest BCUT2D eigenvalue weighted by atomic mass is 10.0. The van der Waals surface area contributed by atoms with Crippen molar-refractivity contribution in [2.75, 3.05) is 18.8 Å². The van der Waals surface area contributed by atoms with Gasteiger partial charge in [-0.05, 0) is 51.8 Å². The number of alkyl carbamates (subject to hydrolysis) is 1. The van der Waals surface area contributed by atoms with E-state index < -0.39 is 29.3 Å². The normalized spacial score (nSPS) is 18.1. The van der Waals surface area contributed by atoms with E-state index in [9.17, 15) is 22.8 Å². The van der Waals surface area contributed by atoms with Gasteiger partial charge in [-0.1, -0.05) is 0 Å². The number of hydrogen-bond acceptors (Lipinski definition) is 4. The van der Waals surface area contributed by atoms with Gasteiger partial charge in [0.25, 0.3) is 5.91 Å². The Bertz CT molecular complexity index is 714. The van der Waals surface area contributed by atoms with Gasteiger partial charge in [0.1, 0.15) is 5.60 Å². The molecule has 1 aliphatic rings. The highest BCUT2D eigenvalue weighted by Gasteiger charge is 2.33. The fourth-order valence-corrected chi connectivity index (χ4v) is 2.88. The van der Waals surface area contributed by atoms with Gasteiger partial charge in [-0.15, -0.1) is 0 Å². The third-order valence-corrected chi connectivity index (χ3v) is 3.96. The first kappa shape index (κ1) is 20.9. The lowest BCUT2D eigenvalue weighted by Crippen LogP contribution is -2.50. The van der Waals surface area contributed by atoms with Crippen LogP contribution in [0.4, 0.5) is 23.7 Å². The summed E-state index contributed by atoms with van der Waals surface area (Å²) < 4.78 is 44.1. The molecule has 1 fully saturated rings. The summed E-state index contributed by atoms with van der Waals surface area (Å²) in [6.45, 7) is 5.79. The van der Waals surface area contributed by atoms with Crippen LogP contribution in [0.1, 0.15) is 49.5 Å². The number of likely N-dealkylation sites (tertiary alicyclic amines) is 1. The molecule has 0 saturated carbocycles. The molecule has 2 amide bonds. The fraction of sp³-hybridized carbons (Fsp3) is 0.556. The first-order valence-corrected chi connectivity index (χ1v) is 8.62. The molecule has 150 valence electrons. The molecule has 9 heteroatoms. The van der Waals surface area contributed by atoms with Gasteiger partial charge in [0.2, 0.25) is 0 Å². The topological polar surface area (TPSA) is 84.7 Å². The van der Waals surface area contributed by atoms with Crippen LogP contribution in [-0.2, 0) is 10.9 Å². The summed E-state index contributed by atoms with van der Waals surface area (Å²) in [7, 11) is 0. The number of nitrogen functional groups attached to an aromatic ring is 1. The smallest absolute Gasteiger partial charge is 0.416 e. The van der Waals surface area contributed by atoms with Crippen LogP contribution in [0, 0.1) is 0 Å². The molecule has 6 nitrogen and oxygen atoms in total. The summed E-state index contributed by atoms with van der Waals surface area (Å²) >= 11 is 0. The Morgan fingerprint density at radius 1 is 1.22 bits per heavy atom. The number of carbonyl (C=O) groups is 2. The zero-order valence-corrected chi connectivity index (χ0v) is 15.5. The van der Waals surface area contributed by atoms with E-state index in [1.54, 1.807) is 20.8 Å². The van der Waals surface area contributed by atoms with Gasteiger partial charge in [-0.25, -0.2) is 4.79 Å². The van der Waals surface area contributed by atoms with Gasteiger partial charge in [-0.2, -0.15) is 13.2 Å². The number of nitrogens with two attached hydrogens (primary N) is 1. The average molecular weight is 387 g/mol. The Kier molecular flexibility index (Phi) is 5.91. The van der Waals surface area contributed by atoms with E-state index in [2.05, 4.69) is 5.32 Å². The van der Waals surface area contributed by atoms with Gasteiger partial charge in [0.05, 0.1) is 5.56 Å². The minimum Gasteiger partial charge on any atom is -0.444 e. The van der Waals surface area contributed by atoms with Crippen molar-refractivity contribution in [3.05, 3.63) is 29.3 Å². The molecule has 3 N–H and O–H groups in total. The molecule has 1 aromatic rings. The first-order chi connectivity index (χ1) is 12.3. The largest absolute Gasteiger partial charge is 0.444 e. The van der Waals surface area contributed by atoms with Crippen molar-refractivity contribution < 1.29 is 27.5 Å². The lowest BCUT2D eigenvalue weighted by Gasteiger charge is -2.33. The Labute approximate surface area is 155 Å². The van der Waals surface area contributed by atoms with Crippen LogP contribution in [-0.4, -0.2) is 41.6 Å². The quantitative estimate of drug-likeness (QED) is 0.762. The molecule has 0 spiro atoms. The van der Waals surface area contributed by atoms with E-state index in [-0.39, 0.29) is 23.8 Å². The zero-order valence-electron chi connectivity index (χ0n) is 15.5. The van der Waals surface area contributed by atoms with Crippen LogP contribution in [0.25, 0.3) is 0 Å². The van der Waals surface area contributed by atoms with Gasteiger partial charge >= 0.3 is 12.3 Å². The van der Waals surface area contributed by atoms with Crippen molar-refractivity contribution in [2.24, 2.45) is 0 Å². The third-order valence-electron chi connectivity index (χ3n) is 3.96. The molecule has 2 rings (SSSR count). The van der Waals surface area contributed by atoms with Gasteiger partial charge in [0, 0.05) is 30.4 Å². The molecule has 0 aromatic heterocycles. The van der Waals surface area contributed by atoms with Gasteiger partial charge in [-0.3, -0.25) is 4.79 Å². The minimum atomic E-state index is -4.59. The van der Waals surface area contributed by atoms with Crippen molar-refractivity contribution >= 4 is 17.7 Å². The Morgan fingerprint density at radius 2 is 1.89 bits per heavy atom. The summed E-state index contributed by atoms with van der Waals surface area (Å²) in [5, 5.41) is 2.70. The third kappa shape index (κ3) is 6.04. The lowest BCUT2D eigenvalue weighted by molar-refractivity contribution is -0.137. The summed E-state index contributed by atoms with van der Waals surface area (Å²) in [6, 6.07) is 2.48. The van der Waals surface area contributed by atoms with Gasteiger partial charge in [0.15, 0.2) is 0 Å². The second kappa shape index (κ2) is 7.66. The predicted molar refractivity (Wildman–Crippen MR) is 94.2 cm³/mol. The molecule has 1 unspecified atom stereocenters. The van der Waals surface area contributed by atoms with E-state index in [0.717, 1.165) is 12.1 Å². The summed E-state index contributed by atoms with van der Waals surface area (Å²) in [5.41, 5.74) is 3.66. The fourth-order valence-electron chi connectivity index (χ4n) is 2.88. The first-order valence-electron chi connectivity index (χ1n) is 8.62. The number of carbonyl (C=O) groups excluding carboxylic acids is 2. The Balaban J connectivity index is 2.09. The minimum absolute atomic E-state index is 0.125. The maximum Gasteiger partial charge on any atom is 0.416 e. The van der Waals surface area contributed by atoms with E-state index in [4.69, 9.17) is 10.5 Å². The number of ether oxygens (including phenoxy) is 1. The second-order valence-corrected chi connectivity index (χ2v) is 7.58. The second-order valence-electron chi connectivity index (χ2n) is 7.58. The highest BCUT2D eigenvalue weighted by Crippen LogP contribution is 2.31. The number of nitrogens with zero attached hydrogens (tertiary/aromatic N) is 1. The molecule has 1 aromatic carbocycles. The molecule has 1 heterocycles. The van der Waals surface area contributed by atoms with Crippen molar-refractivity contribution in [1.82, 2.24) is 10.2 Å². The SMILES string of the molecule is CC(C)(C)OC(=O)NC1CCCN(C(=O)c2cc(N)cc(C(F)(F)F)c2)C1. The molecule has 1 aliphatic heterocycles. The number of amides is 2. The average Bonchev–Trinajstić information content (AvgIpc) is 2.51. The number of halogens is 3. The maximum absolute atomic E-state index is 13.0. The van der Waals surface area contributed by atoms with E-state index in [1.807, 2.05) is 0 Å². The number of benzene rings is 1. The molecule has 0 aliphatic carbocycles. The van der Waals surface area contributed by atoms with Crippen molar-refractivity contribution in [3.8, 4) is 0 Å². The molecule has 0 bridgehead atoms. The van der Waals surface area contributed by atoms with E-state index in [0.29, 0.717) is 19.4 Å². The van der Waals surface area contributed by atoms with Crippen LogP contribution in [0.3, 0.4) is 0 Å². The number of nitrogens with one attached hydrogen (secondary N) is 1. The van der Waals surface area contributed by atoms with Gasteiger partial charge < -0.3 is 20.7 Å². The number of anilines is 1. The highest BCUT2D eigenvalue weighted by atomic mass is 19.4. The Morgan fingerprint density at radius 3 is 2.48 bits per heavy atom. The summed E-state index contributed by atoms with van der Waals surface area (Å²) in [5.74, 6) is -0.552. The summed E-state index contributed by atoms with van der Waals surface area (Å²) in [6.07, 6.45) is -3.92. The number of piperidine rings is 1. The highest BCUT2D eigenvalue weighted by molar-refractivity contribution is 5.95. The molecular weight excluding hydrogens is 363 g/mol. The van der Waals surface area contributed by atoms with Crippen molar-refractivity contribution in [3.63, 3.8) is 0 Å². The van der Waals surface area contributed by atoms with Crippen molar-refractivity contribution in [2.45, 2.75) is 51.4 Å². The van der Waals surface area contributed by atoms with Crippen LogP contribution in [0.5, 0.6) is 0 Å². The molecule has 1 saturated heterocycles. The van der Waals surface area contributed by atoms with Crippen LogP contribution >= 0.6 is 0 Å². The Hall–Kier alpha value is -2.45. The monoisotopic (exact) mass is 387 g/mol. The van der Waals surface area contributed by atoms with Crippen LogP contribution in [0.2, 0.25) is 0 Å². The summed E-state index contributed by atoms with van der Waals surface area (Å²) in [4.78, 5) is 26.0. The molecule has 1 atom stereocenters. The number of alkyl halides is 3. The maximum atomic E-state index is 13.0. The number of hydrogen-bond donors (Lipinski definition) is 2. The van der Waals surface area contributed by atoms with Crippen LogP contribution in [0.15, 0.2) is 18.2 Å². The van der Waals surface area contributed by atoms with Crippen molar-refractivity contribution in [1.29, 1.82) is 0 Å². The standard InChI is InChI=1S/C18H24F3N3O3/c1-17(2,3)27-16(26)23-14-5-4-6-24(10-14)15(25)11-7-12(18(19,20)21)9-13(22)8-11/h7-9,14H,4-6,10,22H2,1-3H3,(H,23,26). The predicted octanol–water partition coefficient (Wildman–Crippen LogP) is 3.42.